The number of carbonyl (C=O) groups excluding carboxylic acids is 3. The van der Waals surface area contributed by atoms with E-state index in [0.717, 1.165) is 0 Å². The Labute approximate surface area is 238 Å². The number of imidazole rings is 1. The van der Waals surface area contributed by atoms with Crippen LogP contribution in [0.5, 0.6) is 0 Å². The Morgan fingerprint density at radius 3 is 2.90 bits per heavy atom. The first-order valence-electron chi connectivity index (χ1n) is 12.4. The number of tetrazole rings is 1. The van der Waals surface area contributed by atoms with Crippen LogP contribution in [0.2, 0.25) is 5.02 Å². The molecule has 0 saturated heterocycles. The topological polar surface area (TPSA) is 169 Å². The van der Waals surface area contributed by atoms with Gasteiger partial charge in [-0.15, -0.1) is 5.10 Å². The molecule has 4 aromatic rings. The van der Waals surface area contributed by atoms with Crippen molar-refractivity contribution in [2.75, 3.05) is 17.7 Å². The minimum absolute atomic E-state index is 0.346. The van der Waals surface area contributed by atoms with Gasteiger partial charge in [-0.3, -0.25) is 14.9 Å². The third kappa shape index (κ3) is 6.65. The summed E-state index contributed by atoms with van der Waals surface area (Å²) in [6.07, 6.45) is 9.65. The number of fused-ring (bicyclic) bond motifs is 4. The van der Waals surface area contributed by atoms with Gasteiger partial charge in [0.1, 0.15) is 12.2 Å². The lowest BCUT2D eigenvalue weighted by Crippen LogP contribution is -2.27. The van der Waals surface area contributed by atoms with Gasteiger partial charge in [-0.25, -0.2) is 9.78 Å². The zero-order chi connectivity index (χ0) is 28.8. The summed E-state index contributed by atoms with van der Waals surface area (Å²) in [4.78, 5) is 45.1. The van der Waals surface area contributed by atoms with E-state index in [9.17, 15) is 14.4 Å². The fourth-order valence-electron chi connectivity index (χ4n) is 4.20. The highest BCUT2D eigenvalue weighted by Crippen LogP contribution is 2.31. The summed E-state index contributed by atoms with van der Waals surface area (Å²) in [5.41, 5.74) is 3.33. The van der Waals surface area contributed by atoms with Gasteiger partial charge in [0.2, 0.25) is 11.8 Å². The molecule has 208 valence electrons. The third-order valence-corrected chi connectivity index (χ3v) is 6.36. The number of aromatic amines is 1. The monoisotopic (exact) mass is 573 g/mol. The molecule has 1 atom stereocenters. The Balaban J connectivity index is 1.39. The van der Waals surface area contributed by atoms with Crippen molar-refractivity contribution in [2.24, 2.45) is 0 Å². The number of halogens is 1. The first kappa shape index (κ1) is 27.3. The van der Waals surface area contributed by atoms with Crippen molar-refractivity contribution in [2.45, 2.75) is 18.9 Å². The lowest BCUT2D eigenvalue weighted by molar-refractivity contribution is -0.117. The Hall–Kier alpha value is -5.30. The van der Waals surface area contributed by atoms with Gasteiger partial charge < -0.3 is 20.4 Å². The summed E-state index contributed by atoms with van der Waals surface area (Å²) in [5.74, 6) is -0.161. The average Bonchev–Trinajstić information content (AvgIpc) is 3.66. The molecule has 5 rings (SSSR count). The minimum Gasteiger partial charge on any atom is -0.453 e. The van der Waals surface area contributed by atoms with E-state index in [1.54, 1.807) is 54.7 Å². The molecular weight excluding hydrogens is 550 g/mol. The van der Waals surface area contributed by atoms with E-state index in [1.165, 1.54) is 30.3 Å². The summed E-state index contributed by atoms with van der Waals surface area (Å²) in [6.45, 7) is 0. The summed E-state index contributed by atoms with van der Waals surface area (Å²) in [6, 6.07) is 9.69. The fraction of sp³-hybridized carbons (Fsp3) is 0.148. The molecule has 2 bridgehead atoms. The van der Waals surface area contributed by atoms with Crippen LogP contribution in [-0.4, -0.2) is 55.2 Å². The predicted molar refractivity (Wildman–Crippen MR) is 151 cm³/mol. The van der Waals surface area contributed by atoms with Crippen molar-refractivity contribution in [3.63, 3.8) is 0 Å². The smallest absolute Gasteiger partial charge is 0.411 e. The molecule has 3 amide bonds. The number of ether oxygens (including phenoxy) is 1. The SMILES string of the molecule is COC(=O)Nc1ccc2c(c1)NC(=O)C=CCCC(NC(=O)/C=C/c1cc(Cl)ccc1-n1cnnn1)c1nc-2c[nH]1. The van der Waals surface area contributed by atoms with Crippen LogP contribution in [0.3, 0.4) is 0 Å². The van der Waals surface area contributed by atoms with E-state index in [-0.39, 0.29) is 11.8 Å². The normalized spacial score (nSPS) is 14.9. The van der Waals surface area contributed by atoms with Gasteiger partial charge in [-0.05, 0) is 71.8 Å². The molecule has 0 aliphatic carbocycles. The number of rotatable bonds is 5. The number of amides is 3. The molecule has 13 nitrogen and oxygen atoms in total. The second-order valence-electron chi connectivity index (χ2n) is 8.87. The van der Waals surface area contributed by atoms with Crippen molar-refractivity contribution in [3.8, 4) is 16.9 Å². The van der Waals surface area contributed by atoms with Crippen molar-refractivity contribution in [1.29, 1.82) is 0 Å². The van der Waals surface area contributed by atoms with Gasteiger partial charge in [0, 0.05) is 34.1 Å². The summed E-state index contributed by atoms with van der Waals surface area (Å²) >= 11 is 6.18. The molecule has 41 heavy (non-hydrogen) atoms. The Morgan fingerprint density at radius 2 is 2.10 bits per heavy atom. The number of hydrogen-bond acceptors (Lipinski definition) is 8. The first-order valence-corrected chi connectivity index (χ1v) is 12.8. The highest BCUT2D eigenvalue weighted by molar-refractivity contribution is 6.30. The van der Waals surface area contributed by atoms with Crippen LogP contribution in [0.15, 0.2) is 67.2 Å². The second-order valence-corrected chi connectivity index (χ2v) is 9.31. The molecule has 3 heterocycles. The zero-order valence-electron chi connectivity index (χ0n) is 21.7. The molecular formula is C27H24ClN9O4. The van der Waals surface area contributed by atoms with Crippen molar-refractivity contribution in [3.05, 3.63) is 83.6 Å². The van der Waals surface area contributed by atoms with Crippen LogP contribution in [0.4, 0.5) is 16.2 Å². The van der Waals surface area contributed by atoms with Crippen LogP contribution in [-0.2, 0) is 14.3 Å². The molecule has 2 aromatic heterocycles. The Bertz CT molecular complexity index is 1650. The molecule has 2 aromatic carbocycles. The summed E-state index contributed by atoms with van der Waals surface area (Å²) in [5, 5.41) is 20.1. The van der Waals surface area contributed by atoms with Crippen molar-refractivity contribution < 1.29 is 19.1 Å². The molecule has 1 aliphatic heterocycles. The Morgan fingerprint density at radius 1 is 1.22 bits per heavy atom. The molecule has 14 heteroatoms. The highest BCUT2D eigenvalue weighted by Gasteiger charge is 2.20. The van der Waals surface area contributed by atoms with E-state index >= 15 is 0 Å². The van der Waals surface area contributed by atoms with Crippen LogP contribution >= 0.6 is 11.6 Å². The van der Waals surface area contributed by atoms with E-state index in [4.69, 9.17) is 16.6 Å². The number of carbonyl (C=O) groups is 3. The lowest BCUT2D eigenvalue weighted by atomic mass is 10.1. The Kier molecular flexibility index (Phi) is 8.15. The number of benzene rings is 2. The fourth-order valence-corrected chi connectivity index (χ4v) is 4.38. The van der Waals surface area contributed by atoms with E-state index in [0.29, 0.717) is 57.6 Å². The highest BCUT2D eigenvalue weighted by atomic mass is 35.5. The van der Waals surface area contributed by atoms with Crippen LogP contribution in [0.1, 0.15) is 30.3 Å². The summed E-state index contributed by atoms with van der Waals surface area (Å²) < 4.78 is 6.12. The van der Waals surface area contributed by atoms with Gasteiger partial charge >= 0.3 is 6.09 Å². The predicted octanol–water partition coefficient (Wildman–Crippen LogP) is 4.04. The quantitative estimate of drug-likeness (QED) is 0.259. The maximum Gasteiger partial charge on any atom is 0.411 e. The number of aromatic nitrogens is 6. The van der Waals surface area contributed by atoms with Crippen molar-refractivity contribution >= 4 is 47.0 Å². The van der Waals surface area contributed by atoms with Gasteiger partial charge in [-0.2, -0.15) is 4.68 Å². The molecule has 1 aliphatic rings. The second kappa shape index (κ2) is 12.3. The van der Waals surface area contributed by atoms with Gasteiger partial charge in [0.05, 0.1) is 30.2 Å². The number of nitrogens with zero attached hydrogens (tertiary/aromatic N) is 5. The third-order valence-electron chi connectivity index (χ3n) is 6.12. The van der Waals surface area contributed by atoms with Crippen LogP contribution in [0, 0.1) is 0 Å². The number of allylic oxidation sites excluding steroid dienone is 1. The molecule has 4 N–H and O–H groups in total. The number of anilines is 2. The number of nitrogens with one attached hydrogen (secondary N) is 4. The standard InChI is InChI=1S/C27H24ClN9O4/c1-41-27(40)31-18-8-9-19-21(13-18)33-24(38)5-3-2-4-20(26-29-14-22(19)34-26)32-25(39)11-6-16-12-17(28)7-10-23(16)37-15-30-35-36-37/h3,5-15,20H,2,4H2,1H3,(H,29,34)(H,31,40)(H,32,39)(H,33,38)/b5-3?,11-6+. The first-order chi connectivity index (χ1) is 19.9. The van der Waals surface area contributed by atoms with Crippen LogP contribution < -0.4 is 16.0 Å². The zero-order valence-corrected chi connectivity index (χ0v) is 22.4. The van der Waals surface area contributed by atoms with E-state index in [2.05, 4.69) is 41.2 Å². The number of hydrogen-bond donors (Lipinski definition) is 4. The molecule has 0 spiro atoms. The maximum atomic E-state index is 13.0. The molecule has 0 fully saturated rings. The lowest BCUT2D eigenvalue weighted by Gasteiger charge is -2.16. The van der Waals surface area contributed by atoms with Crippen molar-refractivity contribution in [1.82, 2.24) is 35.5 Å². The molecule has 0 radical (unpaired) electrons. The number of H-pyrrole nitrogens is 1. The van der Waals surface area contributed by atoms with E-state index < -0.39 is 12.1 Å². The summed E-state index contributed by atoms with van der Waals surface area (Å²) in [7, 11) is 1.26. The van der Waals surface area contributed by atoms with Gasteiger partial charge in [0.15, 0.2) is 0 Å². The number of methoxy groups -OCH3 is 1. The van der Waals surface area contributed by atoms with Gasteiger partial charge in [0.25, 0.3) is 0 Å². The molecule has 1 unspecified atom stereocenters. The molecule has 0 saturated carbocycles. The van der Waals surface area contributed by atoms with Crippen LogP contribution in [0.25, 0.3) is 23.0 Å². The van der Waals surface area contributed by atoms with E-state index in [1.807, 2.05) is 0 Å². The van der Waals surface area contributed by atoms with Gasteiger partial charge in [-0.1, -0.05) is 17.7 Å². The minimum atomic E-state index is -0.638. The largest absolute Gasteiger partial charge is 0.453 e. The maximum absolute atomic E-state index is 13.0. The average molecular weight is 574 g/mol.